The van der Waals surface area contributed by atoms with Gasteiger partial charge in [-0.05, 0) is 22.9 Å². The van der Waals surface area contributed by atoms with Crippen LogP contribution in [0.2, 0.25) is 5.02 Å². The first-order valence-electron chi connectivity index (χ1n) is 10.1. The molecule has 30 heavy (non-hydrogen) atoms. The zero-order valence-corrected chi connectivity index (χ0v) is 17.0. The predicted molar refractivity (Wildman–Crippen MR) is 121 cm³/mol. The molecule has 0 amide bonds. The SMILES string of the molecule is Clc1ccccc1[C@@H]1Oc2ccccc2[C@H]2CC(c3cccc4ccccc34)=NN21. The monoisotopic (exact) mass is 410 g/mol. The van der Waals surface area contributed by atoms with Crippen molar-refractivity contribution < 1.29 is 4.74 Å². The van der Waals surface area contributed by atoms with Gasteiger partial charge in [0.1, 0.15) is 5.75 Å². The van der Waals surface area contributed by atoms with Gasteiger partial charge in [-0.1, -0.05) is 90.5 Å². The van der Waals surface area contributed by atoms with Crippen LogP contribution in [-0.2, 0) is 0 Å². The average molecular weight is 411 g/mol. The van der Waals surface area contributed by atoms with Gasteiger partial charge < -0.3 is 4.74 Å². The van der Waals surface area contributed by atoms with Gasteiger partial charge in [-0.2, -0.15) is 5.10 Å². The molecule has 0 N–H and O–H groups in total. The summed E-state index contributed by atoms with van der Waals surface area (Å²) >= 11 is 6.55. The molecule has 0 aliphatic carbocycles. The first kappa shape index (κ1) is 17.5. The standard InChI is InChI=1S/C26H19ClN2O/c27-22-14-5-3-11-20(22)26-29-24(21-12-4-6-15-25(21)30-26)16-23(28-29)19-13-7-9-17-8-1-2-10-18(17)19/h1-15,24,26H,16H2/t24-,26+/m1/s1. The van der Waals surface area contributed by atoms with Crippen molar-refractivity contribution in [3.63, 3.8) is 0 Å². The summed E-state index contributed by atoms with van der Waals surface area (Å²) in [7, 11) is 0. The summed E-state index contributed by atoms with van der Waals surface area (Å²) in [6.45, 7) is 0. The number of nitrogens with zero attached hydrogens (tertiary/aromatic N) is 2. The van der Waals surface area contributed by atoms with Gasteiger partial charge in [0.2, 0.25) is 6.23 Å². The van der Waals surface area contributed by atoms with Crippen molar-refractivity contribution in [3.8, 4) is 5.75 Å². The third-order valence-electron chi connectivity index (χ3n) is 5.97. The number of hydrogen-bond donors (Lipinski definition) is 0. The van der Waals surface area contributed by atoms with E-state index in [1.54, 1.807) is 0 Å². The second kappa shape index (κ2) is 6.89. The number of para-hydroxylation sites is 1. The molecule has 2 heterocycles. The molecule has 0 aromatic heterocycles. The van der Waals surface area contributed by atoms with Gasteiger partial charge in [-0.3, -0.25) is 0 Å². The molecule has 2 atom stereocenters. The van der Waals surface area contributed by atoms with E-state index in [4.69, 9.17) is 21.4 Å². The molecule has 2 aliphatic heterocycles. The summed E-state index contributed by atoms with van der Waals surface area (Å²) in [4.78, 5) is 0. The summed E-state index contributed by atoms with van der Waals surface area (Å²) in [6, 6.07) is 31.1. The molecular formula is C26H19ClN2O. The molecule has 146 valence electrons. The molecule has 6 rings (SSSR count). The summed E-state index contributed by atoms with van der Waals surface area (Å²) < 4.78 is 6.42. The number of rotatable bonds is 2. The quantitative estimate of drug-likeness (QED) is 0.365. The lowest BCUT2D eigenvalue weighted by molar-refractivity contribution is -0.0189. The normalized spacial score (nSPS) is 19.8. The van der Waals surface area contributed by atoms with E-state index in [2.05, 4.69) is 59.6 Å². The van der Waals surface area contributed by atoms with E-state index in [1.807, 2.05) is 36.4 Å². The summed E-state index contributed by atoms with van der Waals surface area (Å²) in [5, 5.41) is 10.3. The van der Waals surface area contributed by atoms with Gasteiger partial charge >= 0.3 is 0 Å². The number of hydrogen-bond acceptors (Lipinski definition) is 3. The lowest BCUT2D eigenvalue weighted by atomic mass is 9.93. The minimum Gasteiger partial charge on any atom is -0.464 e. The van der Waals surface area contributed by atoms with Gasteiger partial charge in [-0.15, -0.1) is 0 Å². The molecular weight excluding hydrogens is 392 g/mol. The first-order chi connectivity index (χ1) is 14.8. The van der Waals surface area contributed by atoms with E-state index >= 15 is 0 Å². The van der Waals surface area contributed by atoms with Crippen molar-refractivity contribution in [3.05, 3.63) is 113 Å². The van der Waals surface area contributed by atoms with Gasteiger partial charge in [0.25, 0.3) is 0 Å². The molecule has 2 aliphatic rings. The van der Waals surface area contributed by atoms with Gasteiger partial charge in [0, 0.05) is 28.1 Å². The molecule has 0 radical (unpaired) electrons. The predicted octanol–water partition coefficient (Wildman–Crippen LogP) is 6.74. The minimum absolute atomic E-state index is 0.116. The lowest BCUT2D eigenvalue weighted by Crippen LogP contribution is -2.33. The summed E-state index contributed by atoms with van der Waals surface area (Å²) in [5.74, 6) is 0.901. The maximum atomic E-state index is 6.55. The summed E-state index contributed by atoms with van der Waals surface area (Å²) in [5.41, 5.74) is 4.36. The van der Waals surface area contributed by atoms with Gasteiger partial charge in [0.05, 0.1) is 11.8 Å². The van der Waals surface area contributed by atoms with E-state index in [-0.39, 0.29) is 12.3 Å². The Hall–Kier alpha value is -3.30. The molecule has 3 nitrogen and oxygen atoms in total. The van der Waals surface area contributed by atoms with Crippen LogP contribution in [0.15, 0.2) is 96.1 Å². The molecule has 0 bridgehead atoms. The number of fused-ring (bicyclic) bond motifs is 4. The number of halogens is 1. The molecule has 0 saturated heterocycles. The van der Waals surface area contributed by atoms with Crippen LogP contribution in [0.3, 0.4) is 0 Å². The average Bonchev–Trinajstić information content (AvgIpc) is 3.24. The molecule has 0 fully saturated rings. The van der Waals surface area contributed by atoms with Gasteiger partial charge in [0.15, 0.2) is 0 Å². The minimum atomic E-state index is -0.355. The highest BCUT2D eigenvalue weighted by Crippen LogP contribution is 2.48. The third kappa shape index (κ3) is 2.70. The smallest absolute Gasteiger partial charge is 0.215 e. The fraction of sp³-hybridized carbons (Fsp3) is 0.115. The fourth-order valence-corrected chi connectivity index (χ4v) is 4.78. The topological polar surface area (TPSA) is 24.8 Å². The Morgan fingerprint density at radius 3 is 2.43 bits per heavy atom. The van der Waals surface area contributed by atoms with Crippen LogP contribution in [0.4, 0.5) is 0 Å². The van der Waals surface area contributed by atoms with Crippen molar-refractivity contribution in [1.82, 2.24) is 5.01 Å². The van der Waals surface area contributed by atoms with Crippen molar-refractivity contribution in [2.75, 3.05) is 0 Å². The Morgan fingerprint density at radius 2 is 1.53 bits per heavy atom. The molecule has 0 spiro atoms. The van der Waals surface area contributed by atoms with E-state index in [0.29, 0.717) is 5.02 Å². The van der Waals surface area contributed by atoms with Crippen LogP contribution >= 0.6 is 11.6 Å². The van der Waals surface area contributed by atoms with Crippen LogP contribution < -0.4 is 4.74 Å². The van der Waals surface area contributed by atoms with E-state index in [0.717, 1.165) is 23.4 Å². The molecule has 0 saturated carbocycles. The van der Waals surface area contributed by atoms with Crippen LogP contribution in [0.5, 0.6) is 5.75 Å². The maximum absolute atomic E-state index is 6.55. The Morgan fingerprint density at radius 1 is 0.800 bits per heavy atom. The van der Waals surface area contributed by atoms with Crippen LogP contribution in [0, 0.1) is 0 Å². The molecule has 4 heteroatoms. The molecule has 4 aromatic carbocycles. The van der Waals surface area contributed by atoms with Crippen LogP contribution in [0.1, 0.15) is 35.4 Å². The van der Waals surface area contributed by atoms with Crippen molar-refractivity contribution >= 4 is 28.1 Å². The first-order valence-corrected chi connectivity index (χ1v) is 10.5. The van der Waals surface area contributed by atoms with Crippen LogP contribution in [-0.4, -0.2) is 10.7 Å². The summed E-state index contributed by atoms with van der Waals surface area (Å²) in [6.07, 6.45) is 0.473. The van der Waals surface area contributed by atoms with E-state index < -0.39 is 0 Å². The Bertz CT molecular complexity index is 1290. The van der Waals surface area contributed by atoms with Crippen molar-refractivity contribution in [2.45, 2.75) is 18.7 Å². The molecule has 4 aromatic rings. The van der Waals surface area contributed by atoms with Crippen LogP contribution in [0.25, 0.3) is 10.8 Å². The van der Waals surface area contributed by atoms with Crippen molar-refractivity contribution in [2.24, 2.45) is 5.10 Å². The van der Waals surface area contributed by atoms with Crippen molar-refractivity contribution in [1.29, 1.82) is 0 Å². The highest BCUT2D eigenvalue weighted by molar-refractivity contribution is 6.31. The number of hydrazone groups is 1. The largest absolute Gasteiger partial charge is 0.464 e. The zero-order chi connectivity index (χ0) is 20.1. The Kier molecular flexibility index (Phi) is 4.03. The third-order valence-corrected chi connectivity index (χ3v) is 6.32. The number of benzene rings is 4. The highest BCUT2D eigenvalue weighted by Gasteiger charge is 2.41. The highest BCUT2D eigenvalue weighted by atomic mass is 35.5. The maximum Gasteiger partial charge on any atom is 0.215 e. The molecule has 0 unspecified atom stereocenters. The van der Waals surface area contributed by atoms with E-state index in [9.17, 15) is 0 Å². The second-order valence-corrected chi connectivity index (χ2v) is 8.11. The number of ether oxygens (including phenoxy) is 1. The van der Waals surface area contributed by atoms with E-state index in [1.165, 1.54) is 21.9 Å². The Labute approximate surface area is 180 Å². The fourth-order valence-electron chi connectivity index (χ4n) is 4.55. The second-order valence-electron chi connectivity index (χ2n) is 7.70. The Balaban J connectivity index is 1.51. The lowest BCUT2D eigenvalue weighted by Gasteiger charge is -2.38. The van der Waals surface area contributed by atoms with Gasteiger partial charge in [-0.25, -0.2) is 5.01 Å². The zero-order valence-electron chi connectivity index (χ0n) is 16.2.